The molecule has 0 bridgehead atoms. The van der Waals surface area contributed by atoms with E-state index in [9.17, 15) is 18.0 Å². The molecule has 1 N–H and O–H groups in total. The number of morpholine rings is 1. The fourth-order valence-corrected chi connectivity index (χ4v) is 2.99. The van der Waals surface area contributed by atoms with E-state index in [0.29, 0.717) is 44.2 Å². The van der Waals surface area contributed by atoms with Gasteiger partial charge in [0.05, 0.1) is 24.8 Å². The molecule has 0 saturated carbocycles. The van der Waals surface area contributed by atoms with Crippen LogP contribution in [0.5, 0.6) is 0 Å². The molecule has 1 aromatic heterocycles. The van der Waals surface area contributed by atoms with E-state index in [1.165, 1.54) is 12.1 Å². The zero-order chi connectivity index (χ0) is 22.6. The first-order valence-electron chi connectivity index (χ1n) is 9.80. The Morgan fingerprint density at radius 3 is 2.61 bits per heavy atom. The van der Waals surface area contributed by atoms with Gasteiger partial charge in [0, 0.05) is 25.2 Å². The van der Waals surface area contributed by atoms with E-state index in [4.69, 9.17) is 14.0 Å². The smallest absolute Gasteiger partial charge is 0.416 e. The van der Waals surface area contributed by atoms with Gasteiger partial charge in [0.25, 0.3) is 0 Å². The van der Waals surface area contributed by atoms with Crippen molar-refractivity contribution in [3.63, 3.8) is 0 Å². The molecule has 1 fully saturated rings. The lowest BCUT2D eigenvalue weighted by molar-refractivity contribution is -0.137. The third kappa shape index (κ3) is 6.93. The van der Waals surface area contributed by atoms with Gasteiger partial charge in [-0.25, -0.2) is 4.79 Å². The monoisotopic (exact) mass is 442 g/mol. The maximum absolute atomic E-state index is 12.7. The number of aromatic nitrogens is 2. The van der Waals surface area contributed by atoms with E-state index >= 15 is 0 Å². The Morgan fingerprint density at radius 2 is 1.97 bits per heavy atom. The van der Waals surface area contributed by atoms with Crippen LogP contribution in [-0.2, 0) is 22.2 Å². The van der Waals surface area contributed by atoms with Crippen molar-refractivity contribution < 1.29 is 32.0 Å². The number of halogens is 3. The number of carbonyl (C=O) groups is 1. The van der Waals surface area contributed by atoms with Crippen LogP contribution in [0.4, 0.5) is 18.0 Å². The summed E-state index contributed by atoms with van der Waals surface area (Å²) in [7, 11) is 0. The van der Waals surface area contributed by atoms with Gasteiger partial charge in [-0.15, -0.1) is 0 Å². The van der Waals surface area contributed by atoms with Gasteiger partial charge in [0.15, 0.2) is 0 Å². The average Bonchev–Trinajstić information content (AvgIpc) is 3.13. The van der Waals surface area contributed by atoms with Crippen molar-refractivity contribution in [2.45, 2.75) is 45.2 Å². The largest absolute Gasteiger partial charge is 0.444 e. The molecule has 0 aliphatic carbocycles. The molecule has 170 valence electrons. The van der Waals surface area contributed by atoms with Gasteiger partial charge in [-0.3, -0.25) is 4.90 Å². The zero-order valence-corrected chi connectivity index (χ0v) is 17.5. The molecule has 1 aliphatic heterocycles. The molecule has 11 heteroatoms. The minimum Gasteiger partial charge on any atom is -0.444 e. The van der Waals surface area contributed by atoms with Crippen molar-refractivity contribution in [2.75, 3.05) is 26.2 Å². The van der Waals surface area contributed by atoms with Gasteiger partial charge in [-0.05, 0) is 32.9 Å². The van der Waals surface area contributed by atoms with Crippen molar-refractivity contribution in [1.29, 1.82) is 0 Å². The first-order chi connectivity index (χ1) is 14.5. The Balaban J connectivity index is 1.52. The van der Waals surface area contributed by atoms with Gasteiger partial charge in [0.2, 0.25) is 11.7 Å². The van der Waals surface area contributed by atoms with E-state index in [1.54, 1.807) is 20.8 Å². The van der Waals surface area contributed by atoms with Gasteiger partial charge in [0.1, 0.15) is 5.60 Å². The van der Waals surface area contributed by atoms with Crippen LogP contribution in [0.15, 0.2) is 28.8 Å². The topological polar surface area (TPSA) is 89.7 Å². The molecule has 1 aromatic carbocycles. The van der Waals surface area contributed by atoms with Crippen LogP contribution in [-0.4, -0.2) is 59.1 Å². The molecular weight excluding hydrogens is 417 g/mol. The molecule has 1 unspecified atom stereocenters. The summed E-state index contributed by atoms with van der Waals surface area (Å²) in [4.78, 5) is 18.1. The molecule has 2 heterocycles. The predicted molar refractivity (Wildman–Crippen MR) is 104 cm³/mol. The van der Waals surface area contributed by atoms with E-state index in [-0.39, 0.29) is 11.9 Å². The van der Waals surface area contributed by atoms with Gasteiger partial charge >= 0.3 is 12.3 Å². The Bertz CT molecular complexity index is 878. The highest BCUT2D eigenvalue weighted by atomic mass is 19.4. The molecule has 31 heavy (non-hydrogen) atoms. The number of benzene rings is 1. The van der Waals surface area contributed by atoms with Gasteiger partial charge in [-0.1, -0.05) is 17.3 Å². The summed E-state index contributed by atoms with van der Waals surface area (Å²) >= 11 is 0. The van der Waals surface area contributed by atoms with Crippen molar-refractivity contribution in [3.05, 3.63) is 35.7 Å². The number of hydrogen-bond donors (Lipinski definition) is 1. The summed E-state index contributed by atoms with van der Waals surface area (Å²) in [6, 6.07) is 4.58. The molecule has 1 atom stereocenters. The zero-order valence-electron chi connectivity index (χ0n) is 17.5. The van der Waals surface area contributed by atoms with Crippen LogP contribution >= 0.6 is 0 Å². The molecular formula is C20H25F3N4O4. The molecule has 0 spiro atoms. The second-order valence-corrected chi connectivity index (χ2v) is 8.20. The van der Waals surface area contributed by atoms with Crippen molar-refractivity contribution in [3.8, 4) is 11.4 Å². The third-order valence-electron chi connectivity index (χ3n) is 4.39. The highest BCUT2D eigenvalue weighted by molar-refractivity contribution is 5.67. The average molecular weight is 442 g/mol. The Labute approximate surface area is 177 Å². The first kappa shape index (κ1) is 23.0. The van der Waals surface area contributed by atoms with Crippen LogP contribution in [0.2, 0.25) is 0 Å². The first-order valence-corrected chi connectivity index (χ1v) is 9.80. The molecule has 3 rings (SSSR count). The van der Waals surface area contributed by atoms with Crippen LogP contribution in [0.1, 0.15) is 32.2 Å². The summed E-state index contributed by atoms with van der Waals surface area (Å²) in [6.07, 6.45) is -5.13. The number of hydrogen-bond acceptors (Lipinski definition) is 7. The standard InChI is InChI=1S/C20H25F3N4O4/c1-19(2,3)30-18(28)24-10-15-11-27(8-9-29-15)12-16-25-17(26-31-16)13-4-6-14(7-5-13)20(21,22)23/h4-7,15H,8-12H2,1-3H3,(H,24,28). The summed E-state index contributed by atoms with van der Waals surface area (Å²) in [5, 5.41) is 6.55. The SMILES string of the molecule is CC(C)(C)OC(=O)NCC1CN(Cc2nc(-c3ccc(C(F)(F)F)cc3)no2)CCO1. The number of ether oxygens (including phenoxy) is 2. The Morgan fingerprint density at radius 1 is 1.26 bits per heavy atom. The second-order valence-electron chi connectivity index (χ2n) is 8.20. The summed E-state index contributed by atoms with van der Waals surface area (Å²) in [5.41, 5.74) is -0.879. The number of rotatable bonds is 5. The van der Waals surface area contributed by atoms with E-state index in [0.717, 1.165) is 12.1 Å². The minimum atomic E-state index is -4.40. The van der Waals surface area contributed by atoms with E-state index < -0.39 is 23.4 Å². The number of alkyl halides is 3. The summed E-state index contributed by atoms with van der Waals surface area (Å²) in [5.74, 6) is 0.566. The summed E-state index contributed by atoms with van der Waals surface area (Å²) in [6.45, 7) is 7.67. The lowest BCUT2D eigenvalue weighted by Gasteiger charge is -2.32. The van der Waals surface area contributed by atoms with Crippen molar-refractivity contribution in [2.24, 2.45) is 0 Å². The molecule has 0 radical (unpaired) electrons. The molecule has 1 aliphatic rings. The fraction of sp³-hybridized carbons (Fsp3) is 0.550. The molecule has 8 nitrogen and oxygen atoms in total. The van der Waals surface area contributed by atoms with E-state index in [1.807, 2.05) is 4.90 Å². The quantitative estimate of drug-likeness (QED) is 0.758. The van der Waals surface area contributed by atoms with Crippen LogP contribution in [0.3, 0.4) is 0 Å². The van der Waals surface area contributed by atoms with Gasteiger partial charge in [-0.2, -0.15) is 18.2 Å². The van der Waals surface area contributed by atoms with Crippen molar-refractivity contribution in [1.82, 2.24) is 20.4 Å². The van der Waals surface area contributed by atoms with Gasteiger partial charge < -0.3 is 19.3 Å². The number of carbonyl (C=O) groups excluding carboxylic acids is 1. The molecule has 1 saturated heterocycles. The van der Waals surface area contributed by atoms with Crippen LogP contribution < -0.4 is 5.32 Å². The highest BCUT2D eigenvalue weighted by Gasteiger charge is 2.30. The van der Waals surface area contributed by atoms with Crippen LogP contribution in [0.25, 0.3) is 11.4 Å². The van der Waals surface area contributed by atoms with Crippen LogP contribution in [0, 0.1) is 0 Å². The predicted octanol–water partition coefficient (Wildman–Crippen LogP) is 3.48. The maximum Gasteiger partial charge on any atom is 0.416 e. The fourth-order valence-electron chi connectivity index (χ4n) is 2.99. The minimum absolute atomic E-state index is 0.222. The number of nitrogens with one attached hydrogen (secondary N) is 1. The summed E-state index contributed by atoms with van der Waals surface area (Å²) < 4.78 is 54.2. The van der Waals surface area contributed by atoms with Crippen molar-refractivity contribution >= 4 is 6.09 Å². The molecule has 2 aromatic rings. The third-order valence-corrected chi connectivity index (χ3v) is 4.39. The normalized spacial score (nSPS) is 18.1. The number of nitrogens with zero attached hydrogens (tertiary/aromatic N) is 3. The Kier molecular flexibility index (Phi) is 6.85. The highest BCUT2D eigenvalue weighted by Crippen LogP contribution is 2.30. The maximum atomic E-state index is 12.7. The lowest BCUT2D eigenvalue weighted by Crippen LogP contribution is -2.47. The Hall–Kier alpha value is -2.66. The number of alkyl carbamates (subject to hydrolysis) is 1. The lowest BCUT2D eigenvalue weighted by atomic mass is 10.1. The number of amides is 1. The second kappa shape index (κ2) is 9.23. The van der Waals surface area contributed by atoms with E-state index in [2.05, 4.69) is 15.5 Å². The molecule has 1 amide bonds.